The number of aldehydes is 1. The molecular formula is C11H13AsO2. The number of carbonyl (C=O) groups excluding carboxylic acids is 1. The predicted molar refractivity (Wildman–Crippen MR) is 57.5 cm³/mol. The number of rotatable bonds is 4. The molecule has 2 nitrogen and oxygen atoms in total. The van der Waals surface area contributed by atoms with Gasteiger partial charge in [0.05, 0.1) is 0 Å². The summed E-state index contributed by atoms with van der Waals surface area (Å²) in [5.41, 5.74) is 2.20. The van der Waals surface area contributed by atoms with Crippen LogP contribution in [0.25, 0.3) is 0 Å². The van der Waals surface area contributed by atoms with Crippen LogP contribution in [-0.4, -0.2) is 30.2 Å². The fraction of sp³-hybridized carbons (Fsp3) is 0.364. The average Bonchev–Trinajstić information content (AvgIpc) is 2.20. The second-order valence-electron chi connectivity index (χ2n) is 3.02. The van der Waals surface area contributed by atoms with Crippen LogP contribution in [0.2, 0.25) is 0 Å². The summed E-state index contributed by atoms with van der Waals surface area (Å²) in [6.45, 7) is 2.09. The van der Waals surface area contributed by atoms with Crippen molar-refractivity contribution in [2.75, 3.05) is 7.11 Å². The van der Waals surface area contributed by atoms with Gasteiger partial charge in [-0.3, -0.25) is 0 Å². The molecule has 0 amide bonds. The number of ether oxygens (including phenoxy) is 1. The van der Waals surface area contributed by atoms with Crippen molar-refractivity contribution < 1.29 is 9.53 Å². The quantitative estimate of drug-likeness (QED) is 0.585. The van der Waals surface area contributed by atoms with E-state index in [0.29, 0.717) is 6.42 Å². The third kappa shape index (κ3) is 2.39. The summed E-state index contributed by atoms with van der Waals surface area (Å²) in [5, 5.41) is 0. The second kappa shape index (κ2) is 5.21. The fourth-order valence-electron chi connectivity index (χ4n) is 1.37. The monoisotopic (exact) mass is 252 g/mol. The van der Waals surface area contributed by atoms with Crippen LogP contribution in [0.15, 0.2) is 12.1 Å². The van der Waals surface area contributed by atoms with Crippen LogP contribution in [0.4, 0.5) is 0 Å². The second-order valence-corrected chi connectivity index (χ2v) is 4.03. The van der Waals surface area contributed by atoms with Crippen LogP contribution >= 0.6 is 0 Å². The van der Waals surface area contributed by atoms with Crippen LogP contribution < -0.4 is 9.09 Å². The first kappa shape index (κ1) is 11.3. The van der Waals surface area contributed by atoms with Gasteiger partial charge in [0.2, 0.25) is 0 Å². The standard InChI is InChI=1S/C11H13AsO2/c1-3-8-6-10(12)9(4-5-13)7-11(8)14-2/h5-7H,3-4H2,1-2H3. The summed E-state index contributed by atoms with van der Waals surface area (Å²) in [5.74, 6) is 0.874. The van der Waals surface area contributed by atoms with E-state index in [0.717, 1.165) is 28.4 Å². The maximum absolute atomic E-state index is 10.4. The van der Waals surface area contributed by atoms with E-state index in [2.05, 4.69) is 29.8 Å². The van der Waals surface area contributed by atoms with Gasteiger partial charge in [-0.1, -0.05) is 0 Å². The Labute approximate surface area is 93.2 Å². The van der Waals surface area contributed by atoms with E-state index < -0.39 is 0 Å². The van der Waals surface area contributed by atoms with Crippen molar-refractivity contribution in [1.82, 2.24) is 0 Å². The van der Waals surface area contributed by atoms with Crippen molar-refractivity contribution in [3.63, 3.8) is 0 Å². The van der Waals surface area contributed by atoms with Crippen LogP contribution in [0.3, 0.4) is 0 Å². The minimum atomic E-state index is 0.449. The number of carbonyl (C=O) groups is 1. The van der Waals surface area contributed by atoms with Crippen molar-refractivity contribution in [1.29, 1.82) is 0 Å². The first-order valence-electron chi connectivity index (χ1n) is 4.55. The van der Waals surface area contributed by atoms with Crippen molar-refractivity contribution in [2.45, 2.75) is 19.8 Å². The molecule has 0 fully saturated rings. The zero-order valence-corrected chi connectivity index (χ0v) is 10.3. The third-order valence-electron chi connectivity index (χ3n) is 2.17. The topological polar surface area (TPSA) is 26.3 Å². The first-order chi connectivity index (χ1) is 6.72. The number of hydrogen-bond donors (Lipinski definition) is 0. The Kier molecular flexibility index (Phi) is 4.21. The van der Waals surface area contributed by atoms with Crippen LogP contribution in [0.1, 0.15) is 18.1 Å². The summed E-state index contributed by atoms with van der Waals surface area (Å²) in [6, 6.07) is 4.01. The van der Waals surface area contributed by atoms with Gasteiger partial charge in [0.1, 0.15) is 0 Å². The summed E-state index contributed by atoms with van der Waals surface area (Å²) >= 11 is 2.50. The summed E-state index contributed by atoms with van der Waals surface area (Å²) in [7, 11) is 1.66. The molecule has 1 aromatic rings. The fourth-order valence-corrected chi connectivity index (χ4v) is 2.03. The molecule has 0 saturated carbocycles. The number of hydrogen-bond acceptors (Lipinski definition) is 2. The Balaban J connectivity index is 3.15. The normalized spacial score (nSPS) is 9.93. The predicted octanol–water partition coefficient (Wildman–Crippen LogP) is 0.793. The molecule has 0 bridgehead atoms. The van der Waals surface area contributed by atoms with Gasteiger partial charge in [-0.2, -0.15) is 0 Å². The van der Waals surface area contributed by atoms with E-state index in [4.69, 9.17) is 4.74 Å². The molecule has 0 aliphatic rings. The Bertz CT molecular complexity index is 334. The number of aryl methyl sites for hydroxylation is 1. The van der Waals surface area contributed by atoms with E-state index in [1.165, 1.54) is 5.56 Å². The summed E-state index contributed by atoms with van der Waals surface area (Å²) < 4.78 is 6.35. The van der Waals surface area contributed by atoms with E-state index in [9.17, 15) is 4.79 Å². The van der Waals surface area contributed by atoms with E-state index in [-0.39, 0.29) is 0 Å². The van der Waals surface area contributed by atoms with Gasteiger partial charge in [0, 0.05) is 0 Å². The molecule has 3 heteroatoms. The zero-order valence-electron chi connectivity index (χ0n) is 8.41. The number of benzene rings is 1. The molecule has 0 atom stereocenters. The van der Waals surface area contributed by atoms with Gasteiger partial charge >= 0.3 is 92.9 Å². The Morgan fingerprint density at radius 2 is 2.14 bits per heavy atom. The van der Waals surface area contributed by atoms with E-state index in [1.54, 1.807) is 7.11 Å². The summed E-state index contributed by atoms with van der Waals surface area (Å²) in [4.78, 5) is 10.4. The summed E-state index contributed by atoms with van der Waals surface area (Å²) in [6.07, 6.45) is 2.30. The molecule has 0 aliphatic carbocycles. The maximum atomic E-state index is 10.4. The zero-order chi connectivity index (χ0) is 10.6. The molecule has 0 unspecified atom stereocenters. The van der Waals surface area contributed by atoms with Crippen LogP contribution in [-0.2, 0) is 17.6 Å². The van der Waals surface area contributed by atoms with Crippen molar-refractivity contribution in [3.05, 3.63) is 23.3 Å². The SMILES string of the molecule is CCc1cc([As])c(CC=O)cc1OC. The van der Waals surface area contributed by atoms with Crippen molar-refractivity contribution in [3.8, 4) is 5.75 Å². The van der Waals surface area contributed by atoms with Gasteiger partial charge in [-0.05, 0) is 0 Å². The van der Waals surface area contributed by atoms with Gasteiger partial charge in [0.25, 0.3) is 0 Å². The van der Waals surface area contributed by atoms with Crippen LogP contribution in [0.5, 0.6) is 5.75 Å². The molecule has 0 N–H and O–H groups in total. The Morgan fingerprint density at radius 3 is 2.64 bits per heavy atom. The van der Waals surface area contributed by atoms with Gasteiger partial charge in [-0.25, -0.2) is 0 Å². The van der Waals surface area contributed by atoms with Gasteiger partial charge < -0.3 is 0 Å². The van der Waals surface area contributed by atoms with E-state index >= 15 is 0 Å². The minimum absolute atomic E-state index is 0.449. The molecule has 1 aromatic carbocycles. The molecule has 74 valence electrons. The molecule has 0 spiro atoms. The average molecular weight is 252 g/mol. The van der Waals surface area contributed by atoms with Gasteiger partial charge in [0.15, 0.2) is 0 Å². The molecule has 2 radical (unpaired) electrons. The molecule has 14 heavy (non-hydrogen) atoms. The molecule has 0 heterocycles. The molecule has 1 rings (SSSR count). The van der Waals surface area contributed by atoms with Crippen molar-refractivity contribution in [2.24, 2.45) is 0 Å². The Hall–Kier alpha value is -0.752. The van der Waals surface area contributed by atoms with Crippen molar-refractivity contribution >= 4 is 27.5 Å². The molecule has 0 aliphatic heterocycles. The first-order valence-corrected chi connectivity index (χ1v) is 5.49. The molecular weight excluding hydrogens is 239 g/mol. The number of methoxy groups -OCH3 is 1. The van der Waals surface area contributed by atoms with E-state index in [1.807, 2.05) is 6.07 Å². The van der Waals surface area contributed by atoms with Gasteiger partial charge in [-0.15, -0.1) is 0 Å². The van der Waals surface area contributed by atoms with Crippen LogP contribution in [0, 0.1) is 0 Å². The molecule has 0 saturated heterocycles. The Morgan fingerprint density at radius 1 is 1.43 bits per heavy atom. The molecule has 0 aromatic heterocycles. The third-order valence-corrected chi connectivity index (χ3v) is 3.04.